The summed E-state index contributed by atoms with van der Waals surface area (Å²) in [5.41, 5.74) is 3.31. The lowest BCUT2D eigenvalue weighted by atomic mass is 9.72. The number of carbonyl (C=O) groups is 1. The molecule has 1 saturated carbocycles. The average Bonchev–Trinajstić information content (AvgIpc) is 3.22. The summed E-state index contributed by atoms with van der Waals surface area (Å²) in [7, 11) is 0. The zero-order valence-electron chi connectivity index (χ0n) is 19.3. The lowest BCUT2D eigenvalue weighted by molar-refractivity contribution is 0.0991. The van der Waals surface area contributed by atoms with E-state index in [2.05, 4.69) is 35.0 Å². The Kier molecular flexibility index (Phi) is 6.39. The summed E-state index contributed by atoms with van der Waals surface area (Å²) in [6, 6.07) is 10.1. The van der Waals surface area contributed by atoms with Crippen molar-refractivity contribution in [3.63, 3.8) is 0 Å². The zero-order chi connectivity index (χ0) is 23.6. The maximum absolute atomic E-state index is 13.0. The van der Waals surface area contributed by atoms with Crippen molar-refractivity contribution in [2.24, 2.45) is 0 Å². The molecule has 1 aliphatic rings. The third-order valence-corrected chi connectivity index (χ3v) is 6.67. The first-order chi connectivity index (χ1) is 15.8. The molecule has 7 nitrogen and oxygen atoms in total. The molecule has 4 rings (SSSR count). The highest BCUT2D eigenvalue weighted by atomic mass is 16.3. The Morgan fingerprint density at radius 2 is 1.94 bits per heavy atom. The molecule has 0 amide bonds. The molecule has 1 N–H and O–H groups in total. The molecule has 0 atom stereocenters. The summed E-state index contributed by atoms with van der Waals surface area (Å²) < 4.78 is 1.69. The van der Waals surface area contributed by atoms with E-state index in [9.17, 15) is 15.2 Å². The number of hydrogen-bond acceptors (Lipinski definition) is 6. The number of aliphatic hydroxyl groups is 1. The smallest absolute Gasteiger partial charge is 0.170 e. The highest BCUT2D eigenvalue weighted by Gasteiger charge is 2.37. The van der Waals surface area contributed by atoms with Gasteiger partial charge in [0.1, 0.15) is 0 Å². The van der Waals surface area contributed by atoms with Gasteiger partial charge in [0, 0.05) is 18.8 Å². The minimum absolute atomic E-state index is 0.0390. The van der Waals surface area contributed by atoms with Crippen LogP contribution in [0.2, 0.25) is 0 Å². The van der Waals surface area contributed by atoms with E-state index in [0.29, 0.717) is 48.7 Å². The molecule has 0 unspecified atom stereocenters. The first-order valence-corrected chi connectivity index (χ1v) is 11.4. The minimum Gasteiger partial charge on any atom is -0.393 e. The second-order valence-corrected chi connectivity index (χ2v) is 9.24. The molecule has 3 aromatic rings. The van der Waals surface area contributed by atoms with Crippen LogP contribution in [0.3, 0.4) is 0 Å². The summed E-state index contributed by atoms with van der Waals surface area (Å²) in [5, 5.41) is 23.9. The minimum atomic E-state index is -0.655. The van der Waals surface area contributed by atoms with E-state index < -0.39 is 5.41 Å². The first kappa shape index (κ1) is 22.8. The number of aliphatic hydroxyl groups excluding tert-OH is 1. The Labute approximate surface area is 194 Å². The molecular weight excluding hydrogens is 414 g/mol. The molecule has 0 spiro atoms. The molecule has 0 aromatic carbocycles. The summed E-state index contributed by atoms with van der Waals surface area (Å²) in [4.78, 5) is 22.0. The SMILES string of the molecule is Cc1c(C(=O)Cc2ccc(C3(C#N)CCC(O)CC3)nc2)cnn1-c1ccc(C(C)C)cn1. The number of rotatable bonds is 6. The molecule has 0 saturated heterocycles. The number of pyridine rings is 2. The highest BCUT2D eigenvalue weighted by Crippen LogP contribution is 2.38. The molecule has 3 aromatic heterocycles. The van der Waals surface area contributed by atoms with Crippen LogP contribution in [0.4, 0.5) is 0 Å². The monoisotopic (exact) mass is 443 g/mol. The number of ketones is 1. The van der Waals surface area contributed by atoms with Crippen LogP contribution in [0.25, 0.3) is 5.82 Å². The van der Waals surface area contributed by atoms with Crippen molar-refractivity contribution in [2.75, 3.05) is 0 Å². The van der Waals surface area contributed by atoms with Crippen LogP contribution < -0.4 is 0 Å². The summed E-state index contributed by atoms with van der Waals surface area (Å²) >= 11 is 0. The van der Waals surface area contributed by atoms with Crippen LogP contribution in [-0.2, 0) is 11.8 Å². The van der Waals surface area contributed by atoms with Gasteiger partial charge >= 0.3 is 0 Å². The van der Waals surface area contributed by atoms with Crippen LogP contribution in [0.1, 0.15) is 78.3 Å². The van der Waals surface area contributed by atoms with Gasteiger partial charge in [0.15, 0.2) is 11.6 Å². The quantitative estimate of drug-likeness (QED) is 0.572. The van der Waals surface area contributed by atoms with Crippen molar-refractivity contribution in [3.05, 3.63) is 70.9 Å². The lowest BCUT2D eigenvalue weighted by Gasteiger charge is -2.32. The van der Waals surface area contributed by atoms with Crippen LogP contribution in [-0.4, -0.2) is 36.7 Å². The van der Waals surface area contributed by atoms with Gasteiger partial charge in [0.25, 0.3) is 0 Å². The number of carbonyl (C=O) groups excluding carboxylic acids is 1. The fourth-order valence-corrected chi connectivity index (χ4v) is 4.39. The van der Waals surface area contributed by atoms with Gasteiger partial charge in [-0.05, 0) is 61.8 Å². The molecule has 3 heterocycles. The fourth-order valence-electron chi connectivity index (χ4n) is 4.39. The maximum atomic E-state index is 13.0. The Bertz CT molecular complexity index is 1160. The van der Waals surface area contributed by atoms with E-state index in [1.54, 1.807) is 17.1 Å². The number of aromatic nitrogens is 4. The van der Waals surface area contributed by atoms with Gasteiger partial charge in [-0.1, -0.05) is 26.0 Å². The Hall–Kier alpha value is -3.37. The Morgan fingerprint density at radius 1 is 1.18 bits per heavy atom. The Balaban J connectivity index is 1.48. The van der Waals surface area contributed by atoms with Gasteiger partial charge in [0.2, 0.25) is 0 Å². The Morgan fingerprint density at radius 3 is 2.52 bits per heavy atom. The zero-order valence-corrected chi connectivity index (χ0v) is 19.3. The van der Waals surface area contributed by atoms with Crippen molar-refractivity contribution < 1.29 is 9.90 Å². The van der Waals surface area contributed by atoms with Crippen molar-refractivity contribution in [1.29, 1.82) is 5.26 Å². The highest BCUT2D eigenvalue weighted by molar-refractivity contribution is 5.98. The van der Waals surface area contributed by atoms with E-state index in [-0.39, 0.29) is 18.3 Å². The summed E-state index contributed by atoms with van der Waals surface area (Å²) in [6.07, 6.45) is 7.40. The number of Topliss-reactive ketones (excluding diaryl/α,β-unsaturated/α-hetero) is 1. The second-order valence-electron chi connectivity index (χ2n) is 9.24. The van der Waals surface area contributed by atoms with Crippen molar-refractivity contribution >= 4 is 5.78 Å². The first-order valence-electron chi connectivity index (χ1n) is 11.4. The third kappa shape index (κ3) is 4.57. The van der Waals surface area contributed by atoms with Gasteiger partial charge in [0.05, 0.1) is 40.7 Å². The summed E-state index contributed by atoms with van der Waals surface area (Å²) in [5.74, 6) is 1.04. The van der Waals surface area contributed by atoms with Gasteiger partial charge in [-0.25, -0.2) is 9.67 Å². The molecule has 1 fully saturated rings. The van der Waals surface area contributed by atoms with Crippen molar-refractivity contribution in [1.82, 2.24) is 19.7 Å². The predicted octanol–water partition coefficient (Wildman–Crippen LogP) is 4.22. The number of nitrogens with zero attached hydrogens (tertiary/aromatic N) is 5. The van der Waals surface area contributed by atoms with Gasteiger partial charge in [-0.15, -0.1) is 0 Å². The van der Waals surface area contributed by atoms with Gasteiger partial charge in [-0.2, -0.15) is 10.4 Å². The van der Waals surface area contributed by atoms with Crippen molar-refractivity contribution in [3.8, 4) is 11.9 Å². The summed E-state index contributed by atoms with van der Waals surface area (Å²) in [6.45, 7) is 6.11. The molecule has 0 radical (unpaired) electrons. The standard InChI is InChI=1S/C26H29N5O2/c1-17(2)20-5-7-25(29-14-20)31-18(3)22(15-30-31)23(33)12-19-4-6-24(28-13-19)26(16-27)10-8-21(32)9-11-26/h4-7,13-15,17,21,32H,8-12H2,1-3H3. The van der Waals surface area contributed by atoms with E-state index >= 15 is 0 Å². The predicted molar refractivity (Wildman–Crippen MR) is 124 cm³/mol. The third-order valence-electron chi connectivity index (χ3n) is 6.67. The van der Waals surface area contributed by atoms with E-state index in [1.165, 1.54) is 0 Å². The van der Waals surface area contributed by atoms with Gasteiger partial charge < -0.3 is 5.11 Å². The van der Waals surface area contributed by atoms with E-state index in [0.717, 1.165) is 16.8 Å². The molecule has 7 heteroatoms. The van der Waals surface area contributed by atoms with Crippen LogP contribution >= 0.6 is 0 Å². The molecule has 1 aliphatic carbocycles. The van der Waals surface area contributed by atoms with E-state index in [4.69, 9.17) is 0 Å². The van der Waals surface area contributed by atoms with Crippen LogP contribution in [0.5, 0.6) is 0 Å². The van der Waals surface area contributed by atoms with Crippen molar-refractivity contribution in [2.45, 2.75) is 70.3 Å². The fraction of sp³-hybridized carbons (Fsp3) is 0.423. The van der Waals surface area contributed by atoms with Crippen LogP contribution in [0.15, 0.2) is 42.9 Å². The number of hydrogen-bond donors (Lipinski definition) is 1. The topological polar surface area (TPSA) is 105 Å². The molecule has 170 valence electrons. The average molecular weight is 444 g/mol. The van der Waals surface area contributed by atoms with E-state index in [1.807, 2.05) is 37.4 Å². The normalized spacial score (nSPS) is 20.5. The molecule has 0 bridgehead atoms. The number of nitriles is 1. The largest absolute Gasteiger partial charge is 0.393 e. The molecule has 33 heavy (non-hydrogen) atoms. The second kappa shape index (κ2) is 9.24. The van der Waals surface area contributed by atoms with Gasteiger partial charge in [-0.3, -0.25) is 9.78 Å². The van der Waals surface area contributed by atoms with Crippen LogP contribution in [0, 0.1) is 18.3 Å². The molecule has 0 aliphatic heterocycles. The lowest BCUT2D eigenvalue weighted by Crippen LogP contribution is -2.33. The maximum Gasteiger partial charge on any atom is 0.170 e. The molecular formula is C26H29N5O2.